The molecule has 0 fully saturated rings. The summed E-state index contributed by atoms with van der Waals surface area (Å²) in [6.07, 6.45) is 0. The summed E-state index contributed by atoms with van der Waals surface area (Å²) < 4.78 is 0. The standard InChI is InChI=1S/C2H4N2.2H2O/c3-1-2-4;;/h1,3H2;2*1H2. The summed E-state index contributed by atoms with van der Waals surface area (Å²) in [5.41, 5.74) is 4.67. The number of rotatable bonds is 0. The van der Waals surface area contributed by atoms with Crippen LogP contribution in [0.1, 0.15) is 0 Å². The van der Waals surface area contributed by atoms with Crippen LogP contribution in [0.25, 0.3) is 0 Å². The Morgan fingerprint density at radius 3 is 1.67 bits per heavy atom. The lowest BCUT2D eigenvalue weighted by atomic mass is 10.8. The molecule has 0 bridgehead atoms. The van der Waals surface area contributed by atoms with E-state index in [1.807, 2.05) is 0 Å². The van der Waals surface area contributed by atoms with Crippen LogP contribution in [0.2, 0.25) is 0 Å². The zero-order chi connectivity index (χ0) is 3.41. The van der Waals surface area contributed by atoms with Crippen LogP contribution >= 0.6 is 0 Å². The fourth-order valence-electron chi connectivity index (χ4n) is 0. The Bertz CT molecular complexity index is 39.3. The van der Waals surface area contributed by atoms with Gasteiger partial charge in [0, 0.05) is 0 Å². The Morgan fingerprint density at radius 2 is 1.67 bits per heavy atom. The second kappa shape index (κ2) is 26.4. The molecule has 0 spiro atoms. The summed E-state index contributed by atoms with van der Waals surface area (Å²) in [6, 6.07) is 1.71. The number of nitrogens with two attached hydrogens (primary N) is 1. The lowest BCUT2D eigenvalue weighted by molar-refractivity contribution is 0.823. The van der Waals surface area contributed by atoms with Crippen molar-refractivity contribution in [1.29, 1.82) is 5.26 Å². The van der Waals surface area contributed by atoms with E-state index in [-0.39, 0.29) is 17.5 Å². The van der Waals surface area contributed by atoms with Crippen molar-refractivity contribution in [2.24, 2.45) is 5.73 Å². The first kappa shape index (κ1) is 18.3. The second-order valence-corrected chi connectivity index (χ2v) is 0.362. The molecule has 0 aromatic rings. The molecule has 0 aliphatic heterocycles. The summed E-state index contributed by atoms with van der Waals surface area (Å²) in [4.78, 5) is 0. The highest BCUT2D eigenvalue weighted by molar-refractivity contribution is 4.67. The van der Waals surface area contributed by atoms with Gasteiger partial charge in [-0.05, 0) is 0 Å². The van der Waals surface area contributed by atoms with Gasteiger partial charge in [0.25, 0.3) is 0 Å². The van der Waals surface area contributed by atoms with Gasteiger partial charge in [0.15, 0.2) is 0 Å². The molecule has 0 atom stereocenters. The highest BCUT2D eigenvalue weighted by Gasteiger charge is 1.48. The quantitative estimate of drug-likeness (QED) is 0.342. The maximum Gasteiger partial charge on any atom is 0.0815 e. The molecule has 4 heteroatoms. The third kappa shape index (κ3) is 138. The van der Waals surface area contributed by atoms with Gasteiger partial charge in [-0.25, -0.2) is 0 Å². The summed E-state index contributed by atoms with van der Waals surface area (Å²) >= 11 is 0. The SMILES string of the molecule is N#CCN.O.O. The van der Waals surface area contributed by atoms with Crippen LogP contribution in [0.4, 0.5) is 0 Å². The predicted molar refractivity (Wildman–Crippen MR) is 21.9 cm³/mol. The molecule has 0 unspecified atom stereocenters. The van der Waals surface area contributed by atoms with E-state index in [4.69, 9.17) is 5.26 Å². The van der Waals surface area contributed by atoms with Crippen LogP contribution in [0.15, 0.2) is 0 Å². The minimum Gasteiger partial charge on any atom is -0.412 e. The third-order valence-corrected chi connectivity index (χ3v) is 0.0913. The first-order chi connectivity index (χ1) is 1.91. The zero-order valence-electron chi connectivity index (χ0n) is 3.23. The van der Waals surface area contributed by atoms with Crippen LogP contribution in [-0.4, -0.2) is 17.5 Å². The Labute approximate surface area is 35.8 Å². The Morgan fingerprint density at radius 1 is 1.50 bits per heavy atom. The van der Waals surface area contributed by atoms with E-state index in [0.717, 1.165) is 0 Å². The summed E-state index contributed by atoms with van der Waals surface area (Å²) in [6.45, 7) is 0.125. The summed E-state index contributed by atoms with van der Waals surface area (Å²) in [5.74, 6) is 0. The van der Waals surface area contributed by atoms with Crippen molar-refractivity contribution in [3.8, 4) is 6.07 Å². The van der Waals surface area contributed by atoms with Crippen LogP contribution in [0.5, 0.6) is 0 Å². The second-order valence-electron chi connectivity index (χ2n) is 0.362. The van der Waals surface area contributed by atoms with E-state index >= 15 is 0 Å². The summed E-state index contributed by atoms with van der Waals surface area (Å²) in [7, 11) is 0. The molecule has 0 aliphatic carbocycles. The van der Waals surface area contributed by atoms with Gasteiger partial charge in [-0.3, -0.25) is 0 Å². The van der Waals surface area contributed by atoms with E-state index in [0.29, 0.717) is 0 Å². The van der Waals surface area contributed by atoms with Crippen LogP contribution in [-0.2, 0) is 0 Å². The topological polar surface area (TPSA) is 113 Å². The van der Waals surface area contributed by atoms with E-state index < -0.39 is 0 Å². The fraction of sp³-hybridized carbons (Fsp3) is 0.500. The third-order valence-electron chi connectivity index (χ3n) is 0.0913. The Hall–Kier alpha value is -0.630. The van der Waals surface area contributed by atoms with E-state index in [2.05, 4.69) is 5.73 Å². The number of hydrogen-bond acceptors (Lipinski definition) is 2. The Balaban J connectivity index is -0.0000000450. The number of nitriles is 1. The molecule has 38 valence electrons. The lowest BCUT2D eigenvalue weighted by Gasteiger charge is -1.51. The largest absolute Gasteiger partial charge is 0.412 e. The minimum absolute atomic E-state index is 0. The van der Waals surface area contributed by atoms with Crippen molar-refractivity contribution in [2.75, 3.05) is 6.54 Å². The molecule has 0 rings (SSSR count). The molecule has 4 nitrogen and oxygen atoms in total. The van der Waals surface area contributed by atoms with Gasteiger partial charge in [0.1, 0.15) is 0 Å². The molecule has 0 saturated carbocycles. The van der Waals surface area contributed by atoms with Crippen molar-refractivity contribution in [3.63, 3.8) is 0 Å². The van der Waals surface area contributed by atoms with Crippen LogP contribution < -0.4 is 5.73 Å². The van der Waals surface area contributed by atoms with Gasteiger partial charge in [-0.1, -0.05) is 0 Å². The normalized spacial score (nSPS) is 3.33. The van der Waals surface area contributed by atoms with E-state index in [9.17, 15) is 0 Å². The highest BCUT2D eigenvalue weighted by Crippen LogP contribution is 1.25. The van der Waals surface area contributed by atoms with Crippen molar-refractivity contribution in [1.82, 2.24) is 0 Å². The maximum absolute atomic E-state index is 7.50. The van der Waals surface area contributed by atoms with Gasteiger partial charge < -0.3 is 16.7 Å². The fourth-order valence-corrected chi connectivity index (χ4v) is 0. The van der Waals surface area contributed by atoms with Gasteiger partial charge in [0.05, 0.1) is 12.6 Å². The van der Waals surface area contributed by atoms with E-state index in [1.54, 1.807) is 6.07 Å². The molecular formula is C2H8N2O2. The first-order valence-corrected chi connectivity index (χ1v) is 0.985. The molecule has 0 aromatic heterocycles. The van der Waals surface area contributed by atoms with Crippen molar-refractivity contribution >= 4 is 0 Å². The Kier molecular flexibility index (Phi) is 80.5. The number of hydrogen-bond donors (Lipinski definition) is 1. The van der Waals surface area contributed by atoms with Gasteiger partial charge in [-0.2, -0.15) is 5.26 Å². The molecular weight excluding hydrogens is 84.0 g/mol. The van der Waals surface area contributed by atoms with Gasteiger partial charge in [-0.15, -0.1) is 0 Å². The monoisotopic (exact) mass is 92.1 g/mol. The minimum atomic E-state index is 0. The molecule has 0 radical (unpaired) electrons. The van der Waals surface area contributed by atoms with E-state index in [1.165, 1.54) is 0 Å². The van der Waals surface area contributed by atoms with Crippen LogP contribution in [0.3, 0.4) is 0 Å². The van der Waals surface area contributed by atoms with Gasteiger partial charge >= 0.3 is 0 Å². The molecule has 0 aliphatic rings. The zero-order valence-corrected chi connectivity index (χ0v) is 3.23. The lowest BCUT2D eigenvalue weighted by Crippen LogP contribution is -1.91. The average molecular weight is 92.1 g/mol. The molecule has 0 heterocycles. The summed E-state index contributed by atoms with van der Waals surface area (Å²) in [5, 5.41) is 7.50. The maximum atomic E-state index is 7.50. The molecule has 0 saturated heterocycles. The molecule has 0 aromatic carbocycles. The van der Waals surface area contributed by atoms with Crippen molar-refractivity contribution < 1.29 is 11.0 Å². The van der Waals surface area contributed by atoms with Gasteiger partial charge in [0.2, 0.25) is 0 Å². The predicted octanol–water partition coefficient (Wildman–Crippen LogP) is -2.18. The molecule has 6 N–H and O–H groups in total. The smallest absolute Gasteiger partial charge is 0.0815 e. The molecule has 6 heavy (non-hydrogen) atoms. The molecule has 0 amide bonds. The first-order valence-electron chi connectivity index (χ1n) is 0.985. The highest BCUT2D eigenvalue weighted by atomic mass is 16.0. The van der Waals surface area contributed by atoms with Crippen molar-refractivity contribution in [3.05, 3.63) is 0 Å². The van der Waals surface area contributed by atoms with Crippen molar-refractivity contribution in [2.45, 2.75) is 0 Å². The van der Waals surface area contributed by atoms with Crippen LogP contribution in [0, 0.1) is 11.3 Å². The number of nitrogens with zero attached hydrogens (tertiary/aromatic N) is 1. The average Bonchev–Trinajstić information content (AvgIpc) is 1.37.